The minimum Gasteiger partial charge on any atom is -0.494 e. The first-order valence-corrected chi connectivity index (χ1v) is 10.8. The number of carbonyl (C=O) groups is 1. The van der Waals surface area contributed by atoms with Crippen LogP contribution in [0, 0.1) is 6.92 Å². The van der Waals surface area contributed by atoms with Gasteiger partial charge in [-0.15, -0.1) is 0 Å². The molecule has 1 saturated heterocycles. The van der Waals surface area contributed by atoms with Gasteiger partial charge >= 0.3 is 0 Å². The summed E-state index contributed by atoms with van der Waals surface area (Å²) in [5.41, 5.74) is 2.84. The van der Waals surface area contributed by atoms with Crippen molar-refractivity contribution in [2.75, 3.05) is 25.2 Å². The first-order valence-electron chi connectivity index (χ1n) is 8.98. The second-order valence-corrected chi connectivity index (χ2v) is 8.96. The van der Waals surface area contributed by atoms with E-state index in [1.807, 2.05) is 38.1 Å². The third-order valence-corrected chi connectivity index (χ3v) is 6.60. The second kappa shape index (κ2) is 7.68. The maximum Gasteiger partial charge on any atom is 0.254 e. The highest BCUT2D eigenvalue weighted by Crippen LogP contribution is 2.29. The van der Waals surface area contributed by atoms with E-state index in [0.29, 0.717) is 30.0 Å². The Morgan fingerprint density at radius 3 is 2.70 bits per heavy atom. The Hall–Kier alpha value is -2.41. The third kappa shape index (κ3) is 4.13. The van der Waals surface area contributed by atoms with E-state index >= 15 is 0 Å². The van der Waals surface area contributed by atoms with Gasteiger partial charge in [0.15, 0.2) is 9.84 Å². The third-order valence-electron chi connectivity index (χ3n) is 4.85. The molecule has 1 aromatic heterocycles. The predicted molar refractivity (Wildman–Crippen MR) is 105 cm³/mol. The normalized spacial score (nSPS) is 18.3. The Kier molecular flexibility index (Phi) is 5.51. The molecule has 1 fully saturated rings. The first kappa shape index (κ1) is 19.4. The Morgan fingerprint density at radius 1 is 1.30 bits per heavy atom. The highest BCUT2D eigenvalue weighted by atomic mass is 32.2. The van der Waals surface area contributed by atoms with Crippen LogP contribution >= 0.6 is 0 Å². The van der Waals surface area contributed by atoms with Crippen LogP contribution in [0.25, 0.3) is 11.3 Å². The molecule has 1 aromatic carbocycles. The molecule has 1 aliphatic rings. The van der Waals surface area contributed by atoms with Gasteiger partial charge in [0, 0.05) is 29.4 Å². The molecule has 7 heteroatoms. The lowest BCUT2D eigenvalue weighted by Gasteiger charge is -2.27. The predicted octanol–water partition coefficient (Wildman–Crippen LogP) is 2.71. The number of hydrogen-bond acceptors (Lipinski definition) is 5. The lowest BCUT2D eigenvalue weighted by molar-refractivity contribution is 0.0708. The maximum absolute atomic E-state index is 13.1. The fraction of sp³-hybridized carbons (Fsp3) is 0.400. The summed E-state index contributed by atoms with van der Waals surface area (Å²) in [5, 5.41) is 0. The van der Waals surface area contributed by atoms with Crippen molar-refractivity contribution in [3.8, 4) is 17.0 Å². The molecule has 0 aliphatic carbocycles. The van der Waals surface area contributed by atoms with E-state index in [1.54, 1.807) is 24.1 Å². The standard InChI is InChI=1S/C20H24N2O4S/c1-4-22(17-10-11-27(24,25)13-17)20(23)16-7-5-6-15(12-16)19-18(26-3)9-8-14(2)21-19/h5-9,12,17H,4,10-11,13H2,1-3H3/t17-/m0/s1. The molecule has 0 bridgehead atoms. The van der Waals surface area contributed by atoms with E-state index in [0.717, 1.165) is 11.3 Å². The van der Waals surface area contributed by atoms with Crippen LogP contribution in [0.2, 0.25) is 0 Å². The number of nitrogens with zero attached hydrogens (tertiary/aromatic N) is 2. The van der Waals surface area contributed by atoms with Gasteiger partial charge < -0.3 is 9.64 Å². The quantitative estimate of drug-likeness (QED) is 0.787. The molecule has 0 spiro atoms. The van der Waals surface area contributed by atoms with Crippen LogP contribution < -0.4 is 4.74 Å². The van der Waals surface area contributed by atoms with Crippen LogP contribution in [0.5, 0.6) is 5.75 Å². The summed E-state index contributed by atoms with van der Waals surface area (Å²) in [6.07, 6.45) is 0.495. The van der Waals surface area contributed by atoms with Gasteiger partial charge in [0.1, 0.15) is 11.4 Å². The monoisotopic (exact) mass is 388 g/mol. The molecule has 1 atom stereocenters. The number of hydrogen-bond donors (Lipinski definition) is 0. The Balaban J connectivity index is 1.93. The number of aryl methyl sites for hydroxylation is 1. The smallest absolute Gasteiger partial charge is 0.254 e. The molecule has 144 valence electrons. The van der Waals surface area contributed by atoms with Crippen LogP contribution in [0.1, 0.15) is 29.4 Å². The molecule has 2 heterocycles. The van der Waals surface area contributed by atoms with E-state index < -0.39 is 9.84 Å². The van der Waals surface area contributed by atoms with Crippen LogP contribution in [-0.4, -0.2) is 55.4 Å². The second-order valence-electron chi connectivity index (χ2n) is 6.73. The highest BCUT2D eigenvalue weighted by molar-refractivity contribution is 7.91. The van der Waals surface area contributed by atoms with Gasteiger partial charge in [0.05, 0.1) is 18.6 Å². The summed E-state index contributed by atoms with van der Waals surface area (Å²) in [5.74, 6) is 0.665. The zero-order valence-electron chi connectivity index (χ0n) is 15.8. The average molecular weight is 388 g/mol. The van der Waals surface area contributed by atoms with Crippen molar-refractivity contribution in [3.05, 3.63) is 47.7 Å². The SMILES string of the molecule is CCN(C(=O)c1cccc(-c2nc(C)ccc2OC)c1)[C@H]1CCS(=O)(=O)C1. The van der Waals surface area contributed by atoms with Gasteiger partial charge in [-0.25, -0.2) is 13.4 Å². The maximum atomic E-state index is 13.1. The molecule has 2 aromatic rings. The summed E-state index contributed by atoms with van der Waals surface area (Å²) in [7, 11) is -1.46. The molecule has 0 unspecified atom stereocenters. The fourth-order valence-corrected chi connectivity index (χ4v) is 5.20. The van der Waals surface area contributed by atoms with Gasteiger partial charge in [-0.2, -0.15) is 0 Å². The molecule has 0 radical (unpaired) electrons. The van der Waals surface area contributed by atoms with E-state index in [4.69, 9.17) is 4.74 Å². The Morgan fingerprint density at radius 2 is 2.07 bits per heavy atom. The molecular weight excluding hydrogens is 364 g/mol. The summed E-state index contributed by atoms with van der Waals surface area (Å²) >= 11 is 0. The van der Waals surface area contributed by atoms with Crippen molar-refractivity contribution < 1.29 is 17.9 Å². The van der Waals surface area contributed by atoms with Crippen molar-refractivity contribution in [2.24, 2.45) is 0 Å². The number of benzene rings is 1. The lowest BCUT2D eigenvalue weighted by Crippen LogP contribution is -2.40. The number of ether oxygens (including phenoxy) is 1. The minimum absolute atomic E-state index is 0.0412. The van der Waals surface area contributed by atoms with Crippen LogP contribution in [0.15, 0.2) is 36.4 Å². The summed E-state index contributed by atoms with van der Waals surface area (Å²) in [6.45, 7) is 4.24. The fourth-order valence-electron chi connectivity index (χ4n) is 3.47. The number of pyridine rings is 1. The summed E-state index contributed by atoms with van der Waals surface area (Å²) in [6, 6.07) is 10.7. The van der Waals surface area contributed by atoms with Crippen molar-refractivity contribution in [3.63, 3.8) is 0 Å². The number of rotatable bonds is 5. The van der Waals surface area contributed by atoms with Crippen molar-refractivity contribution >= 4 is 15.7 Å². The molecule has 6 nitrogen and oxygen atoms in total. The molecule has 0 N–H and O–H groups in total. The van der Waals surface area contributed by atoms with E-state index in [1.165, 1.54) is 0 Å². The molecule has 27 heavy (non-hydrogen) atoms. The molecular formula is C20H24N2O4S. The summed E-state index contributed by atoms with van der Waals surface area (Å²) < 4.78 is 29.0. The lowest BCUT2D eigenvalue weighted by atomic mass is 10.0. The van der Waals surface area contributed by atoms with Gasteiger partial charge in [-0.3, -0.25) is 4.79 Å². The molecule has 0 saturated carbocycles. The average Bonchev–Trinajstić information content (AvgIpc) is 3.01. The highest BCUT2D eigenvalue weighted by Gasteiger charge is 2.34. The number of methoxy groups -OCH3 is 1. The Labute approximate surface area is 160 Å². The van der Waals surface area contributed by atoms with Gasteiger partial charge in [0.25, 0.3) is 5.91 Å². The number of amides is 1. The summed E-state index contributed by atoms with van der Waals surface area (Å²) in [4.78, 5) is 19.3. The van der Waals surface area contributed by atoms with E-state index in [-0.39, 0.29) is 23.5 Å². The van der Waals surface area contributed by atoms with Crippen molar-refractivity contribution in [1.29, 1.82) is 0 Å². The van der Waals surface area contributed by atoms with E-state index in [2.05, 4.69) is 4.98 Å². The van der Waals surface area contributed by atoms with Crippen LogP contribution in [0.4, 0.5) is 0 Å². The number of aromatic nitrogens is 1. The van der Waals surface area contributed by atoms with Gasteiger partial charge in [-0.05, 0) is 44.5 Å². The van der Waals surface area contributed by atoms with Crippen molar-refractivity contribution in [1.82, 2.24) is 9.88 Å². The molecule has 1 amide bonds. The van der Waals surface area contributed by atoms with Gasteiger partial charge in [-0.1, -0.05) is 12.1 Å². The van der Waals surface area contributed by atoms with Crippen LogP contribution in [-0.2, 0) is 9.84 Å². The molecule has 3 rings (SSSR count). The number of sulfone groups is 1. The number of carbonyl (C=O) groups excluding carboxylic acids is 1. The van der Waals surface area contributed by atoms with Gasteiger partial charge in [0.2, 0.25) is 0 Å². The molecule has 1 aliphatic heterocycles. The van der Waals surface area contributed by atoms with E-state index in [9.17, 15) is 13.2 Å². The first-order chi connectivity index (χ1) is 12.8. The zero-order chi connectivity index (χ0) is 19.6. The zero-order valence-corrected chi connectivity index (χ0v) is 16.6. The van der Waals surface area contributed by atoms with Crippen LogP contribution in [0.3, 0.4) is 0 Å². The minimum atomic E-state index is -3.05. The Bertz CT molecular complexity index is 956. The van der Waals surface area contributed by atoms with Crippen molar-refractivity contribution in [2.45, 2.75) is 26.3 Å². The largest absolute Gasteiger partial charge is 0.494 e. The topological polar surface area (TPSA) is 76.6 Å².